The Hall–Kier alpha value is -2.93. The highest BCUT2D eigenvalue weighted by molar-refractivity contribution is 5.76. The van der Waals surface area contributed by atoms with E-state index in [1.807, 2.05) is 37.4 Å². The molecule has 1 aromatic carbocycles. The van der Waals surface area contributed by atoms with E-state index in [1.165, 1.54) is 5.56 Å². The smallest absolute Gasteiger partial charge is 0.220 e. The summed E-state index contributed by atoms with van der Waals surface area (Å²) in [6.07, 6.45) is 2.23. The van der Waals surface area contributed by atoms with E-state index in [4.69, 9.17) is 14.8 Å². The fraction of sp³-hybridized carbons (Fsp3) is 0.500. The summed E-state index contributed by atoms with van der Waals surface area (Å²) in [5, 5.41) is 7.91. The molecule has 1 aliphatic rings. The molecule has 1 atom stereocenters. The minimum atomic E-state index is 0.0761. The highest BCUT2D eigenvalue weighted by atomic mass is 16.5. The summed E-state index contributed by atoms with van der Waals surface area (Å²) >= 11 is 0. The van der Waals surface area contributed by atoms with Crippen LogP contribution in [0.1, 0.15) is 60.8 Å². The number of nitrogens with zero attached hydrogens (tertiary/aromatic N) is 4. The van der Waals surface area contributed by atoms with Crippen molar-refractivity contribution in [1.82, 2.24) is 24.8 Å². The van der Waals surface area contributed by atoms with Gasteiger partial charge in [0.1, 0.15) is 5.75 Å². The summed E-state index contributed by atoms with van der Waals surface area (Å²) in [6.45, 7) is 11.0. The van der Waals surface area contributed by atoms with Crippen LogP contribution < -0.4 is 10.1 Å². The van der Waals surface area contributed by atoms with Crippen molar-refractivity contribution in [3.63, 3.8) is 0 Å². The Bertz CT molecular complexity index is 1140. The highest BCUT2D eigenvalue weighted by Gasteiger charge is 2.27. The van der Waals surface area contributed by atoms with Gasteiger partial charge in [-0.25, -0.2) is 9.50 Å². The third-order valence-corrected chi connectivity index (χ3v) is 6.47. The van der Waals surface area contributed by atoms with E-state index in [-0.39, 0.29) is 11.9 Å². The molecule has 7 heteroatoms. The maximum Gasteiger partial charge on any atom is 0.220 e. The van der Waals surface area contributed by atoms with Gasteiger partial charge in [-0.05, 0) is 70.3 Å². The molecule has 4 rings (SSSR count). The van der Waals surface area contributed by atoms with Crippen molar-refractivity contribution < 1.29 is 9.53 Å². The summed E-state index contributed by atoms with van der Waals surface area (Å²) < 4.78 is 7.32. The van der Waals surface area contributed by atoms with Gasteiger partial charge in [-0.3, -0.25) is 9.69 Å². The van der Waals surface area contributed by atoms with E-state index >= 15 is 0 Å². The van der Waals surface area contributed by atoms with Gasteiger partial charge in [0.2, 0.25) is 5.91 Å². The summed E-state index contributed by atoms with van der Waals surface area (Å²) in [6, 6.07) is 10.6. The molecule has 2 aromatic heterocycles. The SMILES string of the molecule is COc1cccc(CN2CCC(c3cc4nc(C)c(CCC(=O)NC(C)C)c(C)n4n3)C2)c1. The van der Waals surface area contributed by atoms with Crippen LogP contribution in [0.15, 0.2) is 30.3 Å². The Morgan fingerprint density at radius 1 is 1.27 bits per heavy atom. The molecule has 1 saturated heterocycles. The zero-order valence-corrected chi connectivity index (χ0v) is 20.4. The molecule has 1 amide bonds. The maximum absolute atomic E-state index is 12.1. The van der Waals surface area contributed by atoms with E-state index in [1.54, 1.807) is 7.11 Å². The van der Waals surface area contributed by atoms with Crippen LogP contribution in [0, 0.1) is 13.8 Å². The molecule has 0 bridgehead atoms. The third-order valence-electron chi connectivity index (χ3n) is 6.47. The Morgan fingerprint density at radius 3 is 2.85 bits per heavy atom. The molecule has 1 unspecified atom stereocenters. The Kier molecular flexibility index (Phi) is 6.98. The van der Waals surface area contributed by atoms with Gasteiger partial charge in [0.25, 0.3) is 0 Å². The number of rotatable bonds is 8. The quantitative estimate of drug-likeness (QED) is 0.566. The molecule has 33 heavy (non-hydrogen) atoms. The fourth-order valence-electron chi connectivity index (χ4n) is 4.79. The molecule has 0 saturated carbocycles. The number of carbonyl (C=O) groups is 1. The maximum atomic E-state index is 12.1. The van der Waals surface area contributed by atoms with Crippen molar-refractivity contribution in [2.75, 3.05) is 20.2 Å². The number of nitrogens with one attached hydrogen (secondary N) is 1. The molecule has 1 aliphatic heterocycles. The van der Waals surface area contributed by atoms with E-state index in [2.05, 4.69) is 35.3 Å². The molecule has 3 aromatic rings. The lowest BCUT2D eigenvalue weighted by molar-refractivity contribution is -0.121. The third kappa shape index (κ3) is 5.36. The molecule has 0 aliphatic carbocycles. The van der Waals surface area contributed by atoms with Gasteiger partial charge in [0, 0.05) is 48.9 Å². The van der Waals surface area contributed by atoms with E-state index in [0.29, 0.717) is 18.8 Å². The first kappa shape index (κ1) is 23.2. The second-order valence-electron chi connectivity index (χ2n) is 9.39. The molecule has 3 heterocycles. The number of amides is 1. The number of hydrogen-bond acceptors (Lipinski definition) is 5. The van der Waals surface area contributed by atoms with Gasteiger partial charge < -0.3 is 10.1 Å². The number of hydrogen-bond donors (Lipinski definition) is 1. The second kappa shape index (κ2) is 9.91. The van der Waals surface area contributed by atoms with E-state index < -0.39 is 0 Å². The van der Waals surface area contributed by atoms with Crippen LogP contribution in [-0.4, -0.2) is 51.6 Å². The van der Waals surface area contributed by atoms with Gasteiger partial charge in [-0.1, -0.05) is 12.1 Å². The van der Waals surface area contributed by atoms with Gasteiger partial charge in [0.05, 0.1) is 12.8 Å². The van der Waals surface area contributed by atoms with Crippen molar-refractivity contribution in [1.29, 1.82) is 0 Å². The summed E-state index contributed by atoms with van der Waals surface area (Å²) in [4.78, 5) is 19.4. The topological polar surface area (TPSA) is 71.8 Å². The number of aromatic nitrogens is 3. The van der Waals surface area contributed by atoms with Crippen LogP contribution in [-0.2, 0) is 17.8 Å². The van der Waals surface area contributed by atoms with Gasteiger partial charge in [0.15, 0.2) is 5.65 Å². The normalized spacial score (nSPS) is 16.6. The predicted molar refractivity (Wildman–Crippen MR) is 130 cm³/mol. The Morgan fingerprint density at radius 2 is 2.09 bits per heavy atom. The van der Waals surface area contributed by atoms with E-state index in [0.717, 1.165) is 60.1 Å². The molecule has 1 N–H and O–H groups in total. The van der Waals surface area contributed by atoms with Gasteiger partial charge >= 0.3 is 0 Å². The second-order valence-corrected chi connectivity index (χ2v) is 9.39. The number of ether oxygens (including phenoxy) is 1. The molecule has 0 spiro atoms. The fourth-order valence-corrected chi connectivity index (χ4v) is 4.79. The lowest BCUT2D eigenvalue weighted by Gasteiger charge is -2.16. The summed E-state index contributed by atoms with van der Waals surface area (Å²) in [5.74, 6) is 1.38. The largest absolute Gasteiger partial charge is 0.497 e. The first-order valence-electron chi connectivity index (χ1n) is 11.8. The highest BCUT2D eigenvalue weighted by Crippen LogP contribution is 2.29. The van der Waals surface area contributed by atoms with E-state index in [9.17, 15) is 4.79 Å². The van der Waals surface area contributed by atoms with Crippen LogP contribution in [0.25, 0.3) is 5.65 Å². The van der Waals surface area contributed by atoms with Crippen LogP contribution in [0.2, 0.25) is 0 Å². The summed E-state index contributed by atoms with van der Waals surface area (Å²) in [5.41, 5.74) is 6.43. The first-order chi connectivity index (χ1) is 15.8. The minimum absolute atomic E-state index is 0.0761. The summed E-state index contributed by atoms with van der Waals surface area (Å²) in [7, 11) is 1.71. The van der Waals surface area contributed by atoms with Crippen LogP contribution in [0.3, 0.4) is 0 Å². The number of aryl methyl sites for hydroxylation is 2. The number of carbonyl (C=O) groups excluding carboxylic acids is 1. The molecular weight excluding hydrogens is 414 g/mol. The first-order valence-corrected chi connectivity index (χ1v) is 11.8. The lowest BCUT2D eigenvalue weighted by Crippen LogP contribution is -2.30. The average molecular weight is 450 g/mol. The molecule has 176 valence electrons. The number of methoxy groups -OCH3 is 1. The van der Waals surface area contributed by atoms with Gasteiger partial charge in [-0.15, -0.1) is 0 Å². The molecule has 1 fully saturated rings. The van der Waals surface area contributed by atoms with Gasteiger partial charge in [-0.2, -0.15) is 5.10 Å². The number of benzene rings is 1. The van der Waals surface area contributed by atoms with Crippen molar-refractivity contribution in [3.05, 3.63) is 58.5 Å². The number of likely N-dealkylation sites (tertiary alicyclic amines) is 1. The standard InChI is InChI=1S/C26H35N5O2/c1-17(2)27-26(32)10-9-23-18(3)28-25-14-24(29-31(25)19(23)4)21-11-12-30(16-21)15-20-7-6-8-22(13-20)33-5/h6-8,13-14,17,21H,9-12,15-16H2,1-5H3,(H,27,32). The van der Waals surface area contributed by atoms with Crippen molar-refractivity contribution in [3.8, 4) is 5.75 Å². The lowest BCUT2D eigenvalue weighted by atomic mass is 10.1. The van der Waals surface area contributed by atoms with Crippen molar-refractivity contribution in [2.45, 2.75) is 65.5 Å². The Labute approximate surface area is 196 Å². The van der Waals surface area contributed by atoms with Crippen LogP contribution >= 0.6 is 0 Å². The zero-order chi connectivity index (χ0) is 23.5. The molecule has 7 nitrogen and oxygen atoms in total. The predicted octanol–water partition coefficient (Wildman–Crippen LogP) is 3.80. The Balaban J connectivity index is 1.46. The van der Waals surface area contributed by atoms with Crippen molar-refractivity contribution in [2.24, 2.45) is 0 Å². The number of fused-ring (bicyclic) bond motifs is 1. The van der Waals surface area contributed by atoms with Crippen LogP contribution in [0.5, 0.6) is 5.75 Å². The van der Waals surface area contributed by atoms with Crippen molar-refractivity contribution >= 4 is 11.6 Å². The molecular formula is C26H35N5O2. The average Bonchev–Trinajstić information content (AvgIpc) is 3.40. The van der Waals surface area contributed by atoms with Crippen LogP contribution in [0.4, 0.5) is 0 Å². The zero-order valence-electron chi connectivity index (χ0n) is 20.4. The monoisotopic (exact) mass is 449 g/mol. The molecule has 0 radical (unpaired) electrons. The minimum Gasteiger partial charge on any atom is -0.497 e.